The van der Waals surface area contributed by atoms with Gasteiger partial charge in [-0.05, 0) is 43.3 Å². The van der Waals surface area contributed by atoms with Crippen molar-refractivity contribution in [3.8, 4) is 0 Å². The van der Waals surface area contributed by atoms with E-state index in [1.807, 2.05) is 20.1 Å². The summed E-state index contributed by atoms with van der Waals surface area (Å²) in [5.41, 5.74) is 6.70. The first-order chi connectivity index (χ1) is 16.5. The molecule has 10 nitrogen and oxygen atoms in total. The van der Waals surface area contributed by atoms with Crippen molar-refractivity contribution >= 4 is 35.5 Å². The average molecular weight is 511 g/mol. The highest BCUT2D eigenvalue weighted by Gasteiger charge is 2.32. The number of carboxylic acid groups (broad SMARTS) is 1. The summed E-state index contributed by atoms with van der Waals surface area (Å²) in [7, 11) is 0. The van der Waals surface area contributed by atoms with E-state index in [-0.39, 0.29) is 12.3 Å². The lowest BCUT2D eigenvalue weighted by Gasteiger charge is -2.26. The third-order valence-electron chi connectivity index (χ3n) is 5.27. The van der Waals surface area contributed by atoms with E-state index in [1.165, 1.54) is 18.7 Å². The number of nitrogens with two attached hydrogens (primary N) is 1. The number of carboxylic acids is 1. The molecule has 0 aliphatic carbocycles. The van der Waals surface area contributed by atoms with Crippen LogP contribution in [-0.4, -0.2) is 76.2 Å². The Morgan fingerprint density at radius 1 is 0.943 bits per heavy atom. The SMILES string of the molecule is CSCCC(NC(=O)C(N)CC(C)C)C(=O)NC(Cc1ccccc1)C(=O)NC(C(=O)O)C(C)O. The largest absolute Gasteiger partial charge is 0.480 e. The zero-order valence-electron chi connectivity index (χ0n) is 20.7. The molecule has 5 atom stereocenters. The van der Waals surface area contributed by atoms with E-state index in [1.54, 1.807) is 30.3 Å². The van der Waals surface area contributed by atoms with Crippen molar-refractivity contribution < 1.29 is 29.4 Å². The van der Waals surface area contributed by atoms with Gasteiger partial charge in [0.15, 0.2) is 6.04 Å². The quantitative estimate of drug-likeness (QED) is 0.195. The number of benzene rings is 1. The van der Waals surface area contributed by atoms with Crippen LogP contribution in [0.5, 0.6) is 0 Å². The monoisotopic (exact) mass is 510 g/mol. The van der Waals surface area contributed by atoms with Crippen molar-refractivity contribution in [2.24, 2.45) is 11.7 Å². The standard InChI is InChI=1S/C24H38N4O6S/c1-14(2)12-17(25)21(30)26-18(10-11-35-4)22(31)27-19(13-16-8-6-5-7-9-16)23(32)28-20(15(3)29)24(33)34/h5-9,14-15,17-20,29H,10-13,25H2,1-4H3,(H,26,30)(H,27,31)(H,28,32)(H,33,34). The smallest absolute Gasteiger partial charge is 0.328 e. The number of carbonyl (C=O) groups excluding carboxylic acids is 3. The van der Waals surface area contributed by atoms with E-state index >= 15 is 0 Å². The summed E-state index contributed by atoms with van der Waals surface area (Å²) in [6, 6.07) is 4.53. The zero-order chi connectivity index (χ0) is 26.5. The average Bonchev–Trinajstić information content (AvgIpc) is 2.79. The highest BCUT2D eigenvalue weighted by Crippen LogP contribution is 2.08. The van der Waals surface area contributed by atoms with Crippen LogP contribution in [0.2, 0.25) is 0 Å². The molecule has 1 rings (SSSR count). The minimum absolute atomic E-state index is 0.0839. The van der Waals surface area contributed by atoms with Crippen LogP contribution in [0.15, 0.2) is 30.3 Å². The summed E-state index contributed by atoms with van der Waals surface area (Å²) in [6.45, 7) is 5.13. The van der Waals surface area contributed by atoms with E-state index in [4.69, 9.17) is 5.73 Å². The fourth-order valence-electron chi connectivity index (χ4n) is 3.37. The first kappa shape index (κ1) is 30.4. The molecule has 196 valence electrons. The number of amides is 3. The molecule has 0 saturated carbocycles. The third-order valence-corrected chi connectivity index (χ3v) is 5.91. The maximum Gasteiger partial charge on any atom is 0.328 e. The van der Waals surface area contributed by atoms with E-state index in [2.05, 4.69) is 16.0 Å². The lowest BCUT2D eigenvalue weighted by molar-refractivity contribution is -0.145. The second kappa shape index (κ2) is 15.4. The van der Waals surface area contributed by atoms with Crippen LogP contribution in [0.1, 0.15) is 39.2 Å². The molecule has 0 aliphatic heterocycles. The van der Waals surface area contributed by atoms with E-state index in [9.17, 15) is 29.4 Å². The van der Waals surface area contributed by atoms with Crippen LogP contribution in [-0.2, 0) is 25.6 Å². The van der Waals surface area contributed by atoms with Crippen LogP contribution < -0.4 is 21.7 Å². The van der Waals surface area contributed by atoms with Gasteiger partial charge in [0.1, 0.15) is 12.1 Å². The van der Waals surface area contributed by atoms with Gasteiger partial charge in [-0.3, -0.25) is 14.4 Å². The van der Waals surface area contributed by atoms with Gasteiger partial charge in [-0.25, -0.2) is 4.79 Å². The predicted molar refractivity (Wildman–Crippen MR) is 136 cm³/mol. The van der Waals surface area contributed by atoms with Crippen molar-refractivity contribution in [1.29, 1.82) is 0 Å². The summed E-state index contributed by atoms with van der Waals surface area (Å²) in [6.07, 6.45) is 1.38. The number of thioether (sulfide) groups is 1. The molecule has 0 saturated heterocycles. The number of aliphatic hydroxyl groups is 1. The maximum absolute atomic E-state index is 13.2. The number of nitrogens with one attached hydrogen (secondary N) is 3. The Morgan fingerprint density at radius 3 is 2.03 bits per heavy atom. The maximum atomic E-state index is 13.2. The van der Waals surface area contributed by atoms with E-state index in [0.29, 0.717) is 18.6 Å². The van der Waals surface area contributed by atoms with Gasteiger partial charge in [0, 0.05) is 6.42 Å². The summed E-state index contributed by atoms with van der Waals surface area (Å²) >= 11 is 1.50. The Hall–Kier alpha value is -2.63. The first-order valence-electron chi connectivity index (χ1n) is 11.6. The molecular weight excluding hydrogens is 472 g/mol. The minimum atomic E-state index is -1.54. The number of hydrogen-bond donors (Lipinski definition) is 6. The van der Waals surface area contributed by atoms with Gasteiger partial charge >= 0.3 is 5.97 Å². The summed E-state index contributed by atoms with van der Waals surface area (Å²) < 4.78 is 0. The van der Waals surface area contributed by atoms with Crippen molar-refractivity contribution in [2.45, 2.75) is 70.3 Å². The Morgan fingerprint density at radius 2 is 1.51 bits per heavy atom. The molecule has 0 spiro atoms. The molecule has 0 radical (unpaired) electrons. The van der Waals surface area contributed by atoms with Crippen molar-refractivity contribution in [1.82, 2.24) is 16.0 Å². The molecular formula is C24H38N4O6S. The Balaban J connectivity index is 3.08. The van der Waals surface area contributed by atoms with Crippen LogP contribution in [0.3, 0.4) is 0 Å². The number of rotatable bonds is 15. The van der Waals surface area contributed by atoms with Crippen LogP contribution >= 0.6 is 11.8 Å². The van der Waals surface area contributed by atoms with Gasteiger partial charge in [-0.1, -0.05) is 44.2 Å². The van der Waals surface area contributed by atoms with Gasteiger partial charge in [0.05, 0.1) is 12.1 Å². The Bertz CT molecular complexity index is 837. The highest BCUT2D eigenvalue weighted by atomic mass is 32.2. The van der Waals surface area contributed by atoms with Gasteiger partial charge in [-0.2, -0.15) is 11.8 Å². The van der Waals surface area contributed by atoms with Gasteiger partial charge in [0.25, 0.3) is 0 Å². The second-order valence-electron chi connectivity index (χ2n) is 8.89. The molecule has 0 fully saturated rings. The third kappa shape index (κ3) is 11.1. The summed E-state index contributed by atoms with van der Waals surface area (Å²) in [5.74, 6) is -2.42. The summed E-state index contributed by atoms with van der Waals surface area (Å²) in [4.78, 5) is 50.2. The van der Waals surface area contributed by atoms with E-state index < -0.39 is 54.0 Å². The molecule has 11 heteroatoms. The highest BCUT2D eigenvalue weighted by molar-refractivity contribution is 7.98. The second-order valence-corrected chi connectivity index (χ2v) is 9.88. The van der Waals surface area contributed by atoms with Crippen molar-refractivity contribution in [3.05, 3.63) is 35.9 Å². The summed E-state index contributed by atoms with van der Waals surface area (Å²) in [5, 5.41) is 26.7. The fraction of sp³-hybridized carbons (Fsp3) is 0.583. The van der Waals surface area contributed by atoms with Crippen LogP contribution in [0.4, 0.5) is 0 Å². The van der Waals surface area contributed by atoms with Gasteiger partial charge < -0.3 is 31.9 Å². The molecule has 1 aromatic rings. The fourth-order valence-corrected chi connectivity index (χ4v) is 3.84. The molecule has 7 N–H and O–H groups in total. The van der Waals surface area contributed by atoms with Crippen LogP contribution in [0.25, 0.3) is 0 Å². The van der Waals surface area contributed by atoms with E-state index in [0.717, 1.165) is 5.56 Å². The lowest BCUT2D eigenvalue weighted by Crippen LogP contribution is -2.59. The normalized spacial score (nSPS) is 15.4. The molecule has 1 aromatic carbocycles. The van der Waals surface area contributed by atoms with Gasteiger partial charge in [-0.15, -0.1) is 0 Å². The number of aliphatic hydroxyl groups excluding tert-OH is 1. The molecule has 0 heterocycles. The Labute approximate surface area is 210 Å². The van der Waals surface area contributed by atoms with Crippen molar-refractivity contribution in [3.63, 3.8) is 0 Å². The number of carbonyl (C=O) groups is 4. The van der Waals surface area contributed by atoms with Gasteiger partial charge in [0.2, 0.25) is 17.7 Å². The lowest BCUT2D eigenvalue weighted by atomic mass is 10.0. The van der Waals surface area contributed by atoms with Crippen molar-refractivity contribution in [2.75, 3.05) is 12.0 Å². The molecule has 0 aliphatic rings. The molecule has 0 bridgehead atoms. The molecule has 35 heavy (non-hydrogen) atoms. The topological polar surface area (TPSA) is 171 Å². The molecule has 5 unspecified atom stereocenters. The number of aliphatic carboxylic acids is 1. The molecule has 0 aromatic heterocycles. The van der Waals surface area contributed by atoms with Crippen LogP contribution in [0, 0.1) is 5.92 Å². The Kier molecular flexibility index (Phi) is 13.4. The first-order valence-corrected chi connectivity index (χ1v) is 13.0. The minimum Gasteiger partial charge on any atom is -0.480 e. The molecule has 3 amide bonds. The predicted octanol–water partition coefficient (Wildman–Crippen LogP) is 0.275. The number of hydrogen-bond acceptors (Lipinski definition) is 7. The zero-order valence-corrected chi connectivity index (χ0v) is 21.5.